The minimum atomic E-state index is -0.966. The minimum Gasteiger partial charge on any atom is -0.463 e. The number of aliphatic hydroxyl groups is 1. The zero-order valence-electron chi connectivity index (χ0n) is 27.5. The molecule has 1 fully saturated rings. The van der Waals surface area contributed by atoms with E-state index in [1.807, 2.05) is 0 Å². The molecule has 3 atom stereocenters. The first kappa shape index (κ1) is 38.6. The standard InChI is InChI=1S/C36H66O6/c1-3-5-7-8-9-10-11-12-13-17-20-24-28-35(38)40-30-32(37)31-41-36(39)29-25-21-18-15-14-16-19-23-27-34-33(42-34)26-22-6-4-2/h19,23,32-34,37H,3-18,20-22,24-31H2,1-2H3/b23-19-/t32-,33?,34?/m1/s1. The van der Waals surface area contributed by atoms with Crippen LogP contribution in [0.1, 0.15) is 174 Å². The lowest BCUT2D eigenvalue weighted by atomic mass is 10.0. The first-order chi connectivity index (χ1) is 20.6. The maximum absolute atomic E-state index is 11.9. The summed E-state index contributed by atoms with van der Waals surface area (Å²) in [6, 6.07) is 0. The van der Waals surface area contributed by atoms with Gasteiger partial charge in [0.15, 0.2) is 0 Å². The maximum atomic E-state index is 11.9. The van der Waals surface area contributed by atoms with Crippen molar-refractivity contribution >= 4 is 11.9 Å². The molecule has 1 heterocycles. The monoisotopic (exact) mass is 594 g/mol. The Morgan fingerprint density at radius 3 is 1.60 bits per heavy atom. The van der Waals surface area contributed by atoms with E-state index < -0.39 is 6.10 Å². The third-order valence-corrected chi connectivity index (χ3v) is 8.17. The number of epoxide rings is 1. The van der Waals surface area contributed by atoms with Crippen molar-refractivity contribution in [1.29, 1.82) is 0 Å². The Morgan fingerprint density at radius 2 is 1.07 bits per heavy atom. The molecule has 246 valence electrons. The van der Waals surface area contributed by atoms with Crippen molar-refractivity contribution in [2.45, 2.75) is 193 Å². The third kappa shape index (κ3) is 25.1. The van der Waals surface area contributed by atoms with E-state index in [0.29, 0.717) is 25.0 Å². The van der Waals surface area contributed by atoms with E-state index >= 15 is 0 Å². The van der Waals surface area contributed by atoms with Crippen LogP contribution in [0.2, 0.25) is 0 Å². The molecule has 1 aliphatic heterocycles. The number of carbonyl (C=O) groups excluding carboxylic acids is 2. The molecule has 2 unspecified atom stereocenters. The topological polar surface area (TPSA) is 85.4 Å². The van der Waals surface area contributed by atoms with Crippen LogP contribution < -0.4 is 0 Å². The fraction of sp³-hybridized carbons (Fsp3) is 0.889. The zero-order chi connectivity index (χ0) is 30.5. The average Bonchev–Trinajstić information content (AvgIpc) is 3.74. The fourth-order valence-corrected chi connectivity index (χ4v) is 5.33. The second-order valence-electron chi connectivity index (χ2n) is 12.4. The lowest BCUT2D eigenvalue weighted by Gasteiger charge is -2.12. The highest BCUT2D eigenvalue weighted by molar-refractivity contribution is 5.69. The van der Waals surface area contributed by atoms with E-state index in [-0.39, 0.29) is 25.2 Å². The minimum absolute atomic E-state index is 0.119. The van der Waals surface area contributed by atoms with Crippen molar-refractivity contribution < 1.29 is 28.9 Å². The van der Waals surface area contributed by atoms with Crippen LogP contribution in [0.15, 0.2) is 12.2 Å². The van der Waals surface area contributed by atoms with Crippen molar-refractivity contribution in [1.82, 2.24) is 0 Å². The summed E-state index contributed by atoms with van der Waals surface area (Å²) in [5.74, 6) is -0.582. The van der Waals surface area contributed by atoms with E-state index in [9.17, 15) is 14.7 Å². The van der Waals surface area contributed by atoms with Crippen LogP contribution in [0, 0.1) is 0 Å². The number of rotatable bonds is 31. The predicted molar refractivity (Wildman–Crippen MR) is 172 cm³/mol. The van der Waals surface area contributed by atoms with E-state index in [2.05, 4.69) is 26.0 Å². The molecule has 6 nitrogen and oxygen atoms in total. The van der Waals surface area contributed by atoms with Crippen LogP contribution >= 0.6 is 0 Å². The van der Waals surface area contributed by atoms with Gasteiger partial charge in [-0.1, -0.05) is 135 Å². The molecule has 1 rings (SSSR count). The molecule has 42 heavy (non-hydrogen) atoms. The van der Waals surface area contributed by atoms with Gasteiger partial charge in [-0.05, 0) is 38.5 Å². The molecule has 0 amide bonds. The molecule has 1 N–H and O–H groups in total. The van der Waals surface area contributed by atoms with Crippen LogP contribution in [-0.2, 0) is 23.8 Å². The van der Waals surface area contributed by atoms with Gasteiger partial charge in [0.1, 0.15) is 19.3 Å². The summed E-state index contributed by atoms with van der Waals surface area (Å²) in [4.78, 5) is 23.8. The highest BCUT2D eigenvalue weighted by Gasteiger charge is 2.36. The Bertz CT molecular complexity index is 663. The molecule has 0 aliphatic carbocycles. The van der Waals surface area contributed by atoms with Crippen LogP contribution in [0.4, 0.5) is 0 Å². The Hall–Kier alpha value is -1.40. The van der Waals surface area contributed by atoms with Gasteiger partial charge in [-0.25, -0.2) is 0 Å². The summed E-state index contributed by atoms with van der Waals surface area (Å²) in [6.45, 7) is 4.25. The summed E-state index contributed by atoms with van der Waals surface area (Å²) in [6.07, 6.45) is 32.9. The quantitative estimate of drug-likeness (QED) is 0.0372. The van der Waals surface area contributed by atoms with Crippen molar-refractivity contribution in [3.8, 4) is 0 Å². The number of esters is 2. The Kier molecular flexibility index (Phi) is 26.1. The van der Waals surface area contributed by atoms with Crippen LogP contribution in [0.25, 0.3) is 0 Å². The molecule has 0 bridgehead atoms. The first-order valence-corrected chi connectivity index (χ1v) is 17.9. The molecule has 1 saturated heterocycles. The second kappa shape index (κ2) is 28.4. The molecule has 6 heteroatoms. The SMILES string of the molecule is CCCCCCCCCCCCCCC(=O)OC[C@@H](O)COC(=O)CCCCCCC/C=C\CC1OC1CCCCC. The smallest absolute Gasteiger partial charge is 0.305 e. The summed E-state index contributed by atoms with van der Waals surface area (Å²) in [5.41, 5.74) is 0. The molecule has 0 aromatic heterocycles. The zero-order valence-corrected chi connectivity index (χ0v) is 27.5. The van der Waals surface area contributed by atoms with Gasteiger partial charge >= 0.3 is 11.9 Å². The summed E-state index contributed by atoms with van der Waals surface area (Å²) in [5, 5.41) is 9.97. The number of hydrogen-bond acceptors (Lipinski definition) is 6. The van der Waals surface area contributed by atoms with Gasteiger partial charge in [-0.15, -0.1) is 0 Å². The summed E-state index contributed by atoms with van der Waals surface area (Å²) < 4.78 is 16.0. The third-order valence-electron chi connectivity index (χ3n) is 8.17. The van der Waals surface area contributed by atoms with Crippen LogP contribution in [0.5, 0.6) is 0 Å². The molecular formula is C36H66O6. The second-order valence-corrected chi connectivity index (χ2v) is 12.4. The number of aliphatic hydroxyl groups excluding tert-OH is 1. The molecule has 0 saturated carbocycles. The average molecular weight is 595 g/mol. The lowest BCUT2D eigenvalue weighted by Crippen LogP contribution is -2.25. The van der Waals surface area contributed by atoms with E-state index in [0.717, 1.165) is 51.4 Å². The van der Waals surface area contributed by atoms with Crippen molar-refractivity contribution in [3.05, 3.63) is 12.2 Å². The molecule has 1 aliphatic rings. The number of hydrogen-bond donors (Lipinski definition) is 1. The summed E-state index contributed by atoms with van der Waals surface area (Å²) >= 11 is 0. The van der Waals surface area contributed by atoms with Crippen molar-refractivity contribution in [2.24, 2.45) is 0 Å². The van der Waals surface area contributed by atoms with E-state index in [1.165, 1.54) is 96.3 Å². The van der Waals surface area contributed by atoms with Gasteiger partial charge in [-0.3, -0.25) is 9.59 Å². The Balaban J connectivity index is 1.82. The number of unbranched alkanes of at least 4 members (excludes halogenated alkanes) is 18. The highest BCUT2D eigenvalue weighted by Crippen LogP contribution is 2.30. The largest absolute Gasteiger partial charge is 0.463 e. The van der Waals surface area contributed by atoms with Gasteiger partial charge in [0.25, 0.3) is 0 Å². The number of ether oxygens (including phenoxy) is 3. The number of carbonyl (C=O) groups is 2. The van der Waals surface area contributed by atoms with Gasteiger partial charge in [-0.2, -0.15) is 0 Å². The maximum Gasteiger partial charge on any atom is 0.305 e. The van der Waals surface area contributed by atoms with E-state index in [4.69, 9.17) is 14.2 Å². The van der Waals surface area contributed by atoms with Gasteiger partial charge in [0.05, 0.1) is 12.2 Å². The molecule has 0 radical (unpaired) electrons. The van der Waals surface area contributed by atoms with Crippen LogP contribution in [0.3, 0.4) is 0 Å². The first-order valence-electron chi connectivity index (χ1n) is 17.9. The van der Waals surface area contributed by atoms with Gasteiger partial charge in [0, 0.05) is 12.8 Å². The molecule has 0 spiro atoms. The summed E-state index contributed by atoms with van der Waals surface area (Å²) in [7, 11) is 0. The van der Waals surface area contributed by atoms with Crippen molar-refractivity contribution in [2.75, 3.05) is 13.2 Å². The molecule has 0 aromatic rings. The Labute approximate surface area is 258 Å². The fourth-order valence-electron chi connectivity index (χ4n) is 5.33. The molecular weight excluding hydrogens is 528 g/mol. The van der Waals surface area contributed by atoms with Crippen molar-refractivity contribution in [3.63, 3.8) is 0 Å². The lowest BCUT2D eigenvalue weighted by molar-refractivity contribution is -0.152. The van der Waals surface area contributed by atoms with Gasteiger partial charge < -0.3 is 19.3 Å². The van der Waals surface area contributed by atoms with Crippen LogP contribution in [-0.4, -0.2) is 48.6 Å². The highest BCUT2D eigenvalue weighted by atomic mass is 16.6. The normalized spacial score (nSPS) is 17.0. The Morgan fingerprint density at radius 1 is 0.619 bits per heavy atom. The predicted octanol–water partition coefficient (Wildman–Crippen LogP) is 9.55. The number of allylic oxidation sites excluding steroid dienone is 1. The molecule has 0 aromatic carbocycles. The van der Waals surface area contributed by atoms with E-state index in [1.54, 1.807) is 0 Å². The van der Waals surface area contributed by atoms with Gasteiger partial charge in [0.2, 0.25) is 0 Å².